The number of hydrogen-bond acceptors (Lipinski definition) is 3. The zero-order valence-electron chi connectivity index (χ0n) is 48.7. The van der Waals surface area contributed by atoms with Crippen LogP contribution in [0, 0.1) is 0 Å². The van der Waals surface area contributed by atoms with Crippen molar-refractivity contribution in [3.8, 4) is 16.8 Å². The first kappa shape index (κ1) is 50.8. The minimum Gasteiger partial charge on any atom is -0.455 e. The molecule has 2 aromatic heterocycles. The van der Waals surface area contributed by atoms with Gasteiger partial charge in [0.15, 0.2) is 7.28 Å². The quantitative estimate of drug-likeness (QED) is 0.169. The summed E-state index contributed by atoms with van der Waals surface area (Å²) in [7, 11) is 2.53. The molecule has 5 heteroatoms. The summed E-state index contributed by atoms with van der Waals surface area (Å²) in [6, 6.07) is 55.5. The minimum absolute atomic E-state index is 0.0175. The lowest BCUT2D eigenvalue weighted by Crippen LogP contribution is -2.41. The van der Waals surface area contributed by atoms with Gasteiger partial charge in [0.25, 0.3) is 0 Å². The van der Waals surface area contributed by atoms with E-state index in [0.29, 0.717) is 0 Å². The number of nitrogens with one attached hydrogen (secondary N) is 1. The Morgan fingerprint density at radius 1 is 0.519 bits per heavy atom. The molecule has 0 amide bonds. The van der Waals surface area contributed by atoms with E-state index in [1.165, 1.54) is 71.8 Å². The molecule has 1 radical (unpaired) electrons. The van der Waals surface area contributed by atoms with E-state index in [1.807, 2.05) is 0 Å². The Labute approximate surface area is 459 Å². The molecule has 0 bridgehead atoms. The van der Waals surface area contributed by atoms with E-state index in [2.05, 4.69) is 278 Å². The average molecular weight is 1010 g/mol. The number of nitrogens with zero attached hydrogens (tertiary/aromatic N) is 2. The highest BCUT2D eigenvalue weighted by Crippen LogP contribution is 2.51. The van der Waals surface area contributed by atoms with Crippen LogP contribution in [0.15, 0.2) is 150 Å². The van der Waals surface area contributed by atoms with E-state index in [1.54, 1.807) is 0 Å². The van der Waals surface area contributed by atoms with Crippen LogP contribution in [0.2, 0.25) is 0 Å². The van der Waals surface area contributed by atoms with Crippen molar-refractivity contribution in [3.63, 3.8) is 0 Å². The number of furan rings is 1. The molecule has 389 valence electrons. The first-order chi connectivity index (χ1) is 36.2. The molecule has 8 aromatic carbocycles. The number of hydrogen-bond donors (Lipinski definition) is 1. The standard InChI is InChI=1S/C72H77BN3O/c1-67(2,3)43-21-28-47(29-22-43)74-57-40-50(75(48-30-23-44(24-31-48)68(4,5)6)49-32-25-45(26-33-49)69(7,8)9)34-35-51(57)61-62-52-19-17-18-20-60(52)77-66(62)63-53-39-46(70(10,11)12)27-36-58(53)76-59-42-55-54(41-56(59)73-64(61)65(63)76)71(13,14)37-38-72(55,15)16/h17-36,39-42,74H,37-38H2,1-16H3. The second-order valence-corrected chi connectivity index (χ2v) is 28.1. The molecule has 4 nitrogen and oxygen atoms in total. The Bertz CT molecular complexity index is 3930. The van der Waals surface area contributed by atoms with Crippen molar-refractivity contribution in [2.75, 3.05) is 10.2 Å². The van der Waals surface area contributed by atoms with Crippen molar-refractivity contribution in [2.45, 2.75) is 156 Å². The lowest BCUT2D eigenvalue weighted by Gasteiger charge is -2.43. The van der Waals surface area contributed by atoms with Gasteiger partial charge < -0.3 is 19.2 Å². The van der Waals surface area contributed by atoms with E-state index in [9.17, 15) is 0 Å². The zero-order chi connectivity index (χ0) is 54.5. The maximum absolute atomic E-state index is 7.33. The number of rotatable bonds is 6. The molecule has 2 aliphatic rings. The van der Waals surface area contributed by atoms with E-state index in [-0.39, 0.29) is 32.5 Å². The fraction of sp³-hybridized carbons (Fsp3) is 0.333. The van der Waals surface area contributed by atoms with E-state index >= 15 is 0 Å². The summed E-state index contributed by atoms with van der Waals surface area (Å²) in [6.07, 6.45) is 2.30. The van der Waals surface area contributed by atoms with Crippen LogP contribution in [0.3, 0.4) is 0 Å². The Morgan fingerprint density at radius 2 is 1.04 bits per heavy atom. The zero-order valence-corrected chi connectivity index (χ0v) is 48.7. The lowest BCUT2D eigenvalue weighted by molar-refractivity contribution is 0.332. The van der Waals surface area contributed by atoms with E-state index in [0.717, 1.165) is 74.3 Å². The van der Waals surface area contributed by atoms with E-state index < -0.39 is 0 Å². The lowest BCUT2D eigenvalue weighted by atomic mass is 9.55. The van der Waals surface area contributed by atoms with Gasteiger partial charge in [-0.05, 0) is 163 Å². The molecule has 12 rings (SSSR count). The summed E-state index contributed by atoms with van der Waals surface area (Å²) in [5, 5.41) is 8.73. The Kier molecular flexibility index (Phi) is 11.4. The number of para-hydroxylation sites is 1. The van der Waals surface area contributed by atoms with Crippen LogP contribution in [-0.2, 0) is 32.5 Å². The minimum atomic E-state index is -0.0538. The summed E-state index contributed by atoms with van der Waals surface area (Å²) in [5.74, 6) is 0. The van der Waals surface area contributed by atoms with Gasteiger partial charge in [0.2, 0.25) is 0 Å². The third-order valence-electron chi connectivity index (χ3n) is 17.5. The van der Waals surface area contributed by atoms with Gasteiger partial charge >= 0.3 is 0 Å². The highest BCUT2D eigenvalue weighted by atomic mass is 16.3. The smallest absolute Gasteiger partial charge is 0.197 e. The van der Waals surface area contributed by atoms with Crippen molar-refractivity contribution in [2.24, 2.45) is 0 Å². The summed E-state index contributed by atoms with van der Waals surface area (Å²) in [5.41, 5.74) is 23.7. The fourth-order valence-electron chi connectivity index (χ4n) is 12.6. The van der Waals surface area contributed by atoms with Crippen LogP contribution < -0.4 is 21.1 Å². The van der Waals surface area contributed by atoms with Crippen molar-refractivity contribution < 1.29 is 4.42 Å². The number of fused-ring (bicyclic) bond motifs is 10. The van der Waals surface area contributed by atoms with E-state index in [4.69, 9.17) is 4.42 Å². The van der Waals surface area contributed by atoms with Crippen LogP contribution in [0.1, 0.15) is 157 Å². The maximum atomic E-state index is 7.33. The van der Waals surface area contributed by atoms with Crippen LogP contribution >= 0.6 is 0 Å². The molecule has 0 fully saturated rings. The predicted molar refractivity (Wildman–Crippen MR) is 333 cm³/mol. The van der Waals surface area contributed by atoms with Gasteiger partial charge in [0, 0.05) is 55.8 Å². The van der Waals surface area contributed by atoms with Crippen molar-refractivity contribution >= 4 is 90.4 Å². The second kappa shape index (κ2) is 17.3. The van der Waals surface area contributed by atoms with Crippen molar-refractivity contribution in [3.05, 3.63) is 179 Å². The molecular weight excluding hydrogens is 934 g/mol. The molecule has 10 aromatic rings. The van der Waals surface area contributed by atoms with Gasteiger partial charge in [0.1, 0.15) is 11.2 Å². The summed E-state index contributed by atoms with van der Waals surface area (Å²) in [4.78, 5) is 2.42. The predicted octanol–water partition coefficient (Wildman–Crippen LogP) is 19.1. The first-order valence-corrected chi connectivity index (χ1v) is 28.2. The van der Waals surface area contributed by atoms with Gasteiger partial charge in [0.05, 0.1) is 16.4 Å². The monoisotopic (exact) mass is 1010 g/mol. The van der Waals surface area contributed by atoms with Crippen molar-refractivity contribution in [1.29, 1.82) is 0 Å². The first-order valence-electron chi connectivity index (χ1n) is 28.2. The molecule has 1 aliphatic carbocycles. The highest BCUT2D eigenvalue weighted by Gasteiger charge is 2.40. The Balaban J connectivity index is 1.19. The molecule has 0 spiro atoms. The van der Waals surface area contributed by atoms with Gasteiger partial charge in [-0.2, -0.15) is 0 Å². The molecule has 0 unspecified atom stereocenters. The van der Waals surface area contributed by atoms with Crippen LogP contribution in [0.5, 0.6) is 0 Å². The molecule has 0 saturated heterocycles. The van der Waals surface area contributed by atoms with Crippen molar-refractivity contribution in [1.82, 2.24) is 4.57 Å². The molecule has 1 N–H and O–H groups in total. The highest BCUT2D eigenvalue weighted by molar-refractivity contribution is 6.74. The summed E-state index contributed by atoms with van der Waals surface area (Å²) >= 11 is 0. The molecule has 77 heavy (non-hydrogen) atoms. The molecular formula is C72H77BN3O. The molecule has 1 aliphatic heterocycles. The van der Waals surface area contributed by atoms with Crippen LogP contribution in [0.4, 0.5) is 28.4 Å². The number of benzene rings is 8. The SMILES string of the molecule is CC(C)(C)c1ccc(Nc2cc(N(c3ccc(C(C)(C)C)cc3)c3ccc(C(C)(C)C)cc3)ccc2-c2c3c4c(c5cc(C(C)(C)C)ccc5n4-c4cc5c(cc4[B]3)C(C)(C)CCC5(C)C)c3oc4ccccc4c23)cc1. The van der Waals surface area contributed by atoms with Crippen LogP contribution in [0.25, 0.3) is 60.6 Å². The Hall–Kier alpha value is -6.98. The van der Waals surface area contributed by atoms with Gasteiger partial charge in [-0.15, -0.1) is 0 Å². The van der Waals surface area contributed by atoms with Gasteiger partial charge in [-0.3, -0.25) is 0 Å². The fourth-order valence-corrected chi connectivity index (χ4v) is 12.6. The molecule has 3 heterocycles. The third-order valence-corrected chi connectivity index (χ3v) is 17.5. The maximum Gasteiger partial charge on any atom is 0.197 e. The van der Waals surface area contributed by atoms with Gasteiger partial charge in [-0.25, -0.2) is 0 Å². The third kappa shape index (κ3) is 8.50. The average Bonchev–Trinajstić information content (AvgIpc) is 3.93. The van der Waals surface area contributed by atoms with Crippen LogP contribution in [-0.4, -0.2) is 11.8 Å². The second-order valence-electron chi connectivity index (χ2n) is 28.1. The molecule has 0 saturated carbocycles. The normalized spacial score (nSPS) is 15.2. The topological polar surface area (TPSA) is 33.3 Å². The number of anilines is 5. The Morgan fingerprint density at radius 3 is 1.61 bits per heavy atom. The van der Waals surface area contributed by atoms with Gasteiger partial charge in [-0.1, -0.05) is 189 Å². The largest absolute Gasteiger partial charge is 0.455 e. The summed E-state index contributed by atoms with van der Waals surface area (Å²) in [6.45, 7) is 37.3. The molecule has 0 atom stereocenters. The summed E-state index contributed by atoms with van der Waals surface area (Å²) < 4.78 is 9.93. The number of aromatic nitrogens is 1.